The smallest absolute Gasteiger partial charge is 0.352 e. The standard InChI is InChI=1S/C12H14F3IN2OS/c13-12(14,15)7-18-2-1-8(5-18)4-17-11(19)9-3-10(16)20-6-9/h3,6,8H,1-2,4-5,7H2,(H,17,19). The fourth-order valence-electron chi connectivity index (χ4n) is 2.24. The predicted molar refractivity (Wildman–Crippen MR) is 80.0 cm³/mol. The number of nitrogens with one attached hydrogen (secondary N) is 1. The maximum Gasteiger partial charge on any atom is 0.401 e. The van der Waals surface area contributed by atoms with Crippen molar-refractivity contribution in [2.45, 2.75) is 12.6 Å². The molecule has 2 rings (SSSR count). The highest BCUT2D eigenvalue weighted by atomic mass is 127. The van der Waals surface area contributed by atoms with Gasteiger partial charge in [-0.15, -0.1) is 11.3 Å². The van der Waals surface area contributed by atoms with Crippen LogP contribution >= 0.6 is 33.9 Å². The normalized spacial score (nSPS) is 20.3. The van der Waals surface area contributed by atoms with E-state index in [9.17, 15) is 18.0 Å². The first-order valence-corrected chi connectivity index (χ1v) is 8.10. The molecule has 1 aliphatic rings. The first kappa shape index (κ1) is 16.0. The highest BCUT2D eigenvalue weighted by molar-refractivity contribution is 14.1. The van der Waals surface area contributed by atoms with Gasteiger partial charge in [0.1, 0.15) is 0 Å². The zero-order valence-corrected chi connectivity index (χ0v) is 13.5. The minimum atomic E-state index is -4.15. The van der Waals surface area contributed by atoms with Gasteiger partial charge in [0.15, 0.2) is 0 Å². The first-order chi connectivity index (χ1) is 9.33. The van der Waals surface area contributed by atoms with E-state index in [0.717, 1.165) is 2.88 Å². The third kappa shape index (κ3) is 4.88. The second-order valence-electron chi connectivity index (χ2n) is 4.85. The molecule has 0 bridgehead atoms. The van der Waals surface area contributed by atoms with Crippen LogP contribution < -0.4 is 5.32 Å². The fraction of sp³-hybridized carbons (Fsp3) is 0.583. The van der Waals surface area contributed by atoms with Gasteiger partial charge in [-0.3, -0.25) is 9.69 Å². The van der Waals surface area contributed by atoms with E-state index in [1.165, 1.54) is 16.2 Å². The van der Waals surface area contributed by atoms with Gasteiger partial charge in [-0.05, 0) is 47.5 Å². The van der Waals surface area contributed by atoms with Gasteiger partial charge in [0, 0.05) is 18.5 Å². The molecule has 3 nitrogen and oxygen atoms in total. The van der Waals surface area contributed by atoms with Crippen molar-refractivity contribution < 1.29 is 18.0 Å². The summed E-state index contributed by atoms with van der Waals surface area (Å²) in [6.45, 7) is 0.400. The SMILES string of the molecule is O=C(NCC1CCN(CC(F)(F)F)C1)c1csc(I)c1. The number of hydrogen-bond donors (Lipinski definition) is 1. The van der Waals surface area contributed by atoms with Gasteiger partial charge in [-0.25, -0.2) is 0 Å². The van der Waals surface area contributed by atoms with Crippen LogP contribution in [0.2, 0.25) is 0 Å². The van der Waals surface area contributed by atoms with Crippen LogP contribution in [0.15, 0.2) is 11.4 Å². The Morgan fingerprint density at radius 3 is 2.90 bits per heavy atom. The van der Waals surface area contributed by atoms with Crippen LogP contribution in [0.25, 0.3) is 0 Å². The molecule has 2 heterocycles. The molecule has 0 saturated carbocycles. The molecule has 1 fully saturated rings. The summed E-state index contributed by atoms with van der Waals surface area (Å²) >= 11 is 3.63. The lowest BCUT2D eigenvalue weighted by Crippen LogP contribution is -2.34. The number of likely N-dealkylation sites (tertiary alicyclic amines) is 1. The molecule has 1 atom stereocenters. The molecule has 112 valence electrons. The average Bonchev–Trinajstić information content (AvgIpc) is 2.93. The Bertz CT molecular complexity index is 478. The zero-order valence-electron chi connectivity index (χ0n) is 10.5. The van der Waals surface area contributed by atoms with Gasteiger partial charge < -0.3 is 5.32 Å². The monoisotopic (exact) mass is 418 g/mol. The summed E-state index contributed by atoms with van der Waals surface area (Å²) in [5.74, 6) is -0.0579. The van der Waals surface area contributed by atoms with Crippen molar-refractivity contribution in [3.63, 3.8) is 0 Å². The summed E-state index contributed by atoms with van der Waals surface area (Å²) in [4.78, 5) is 13.2. The van der Waals surface area contributed by atoms with E-state index >= 15 is 0 Å². The lowest BCUT2D eigenvalue weighted by atomic mass is 10.1. The summed E-state index contributed by atoms with van der Waals surface area (Å²) in [6.07, 6.45) is -3.46. The number of hydrogen-bond acceptors (Lipinski definition) is 3. The van der Waals surface area contributed by atoms with Gasteiger partial charge in [-0.1, -0.05) is 0 Å². The van der Waals surface area contributed by atoms with E-state index in [4.69, 9.17) is 0 Å². The number of thiophene rings is 1. The summed E-state index contributed by atoms with van der Waals surface area (Å²) in [5.41, 5.74) is 0.615. The Balaban J connectivity index is 1.74. The Kier molecular flexibility index (Phi) is 5.30. The summed E-state index contributed by atoms with van der Waals surface area (Å²) < 4.78 is 37.8. The average molecular weight is 418 g/mol. The van der Waals surface area contributed by atoms with E-state index in [1.807, 2.05) is 0 Å². The zero-order chi connectivity index (χ0) is 14.8. The van der Waals surface area contributed by atoms with Gasteiger partial charge in [0.25, 0.3) is 5.91 Å². The number of alkyl halides is 3. The molecule has 20 heavy (non-hydrogen) atoms. The van der Waals surface area contributed by atoms with Crippen LogP contribution in [0, 0.1) is 8.80 Å². The van der Waals surface area contributed by atoms with Crippen molar-refractivity contribution in [3.8, 4) is 0 Å². The van der Waals surface area contributed by atoms with Crippen LogP contribution in [0.3, 0.4) is 0 Å². The van der Waals surface area contributed by atoms with E-state index < -0.39 is 12.7 Å². The molecule has 1 aromatic heterocycles. The van der Waals surface area contributed by atoms with Crippen molar-refractivity contribution in [1.29, 1.82) is 0 Å². The summed E-state index contributed by atoms with van der Waals surface area (Å²) in [6, 6.07) is 1.80. The molecule has 0 aromatic carbocycles. The van der Waals surface area contributed by atoms with Crippen molar-refractivity contribution in [2.24, 2.45) is 5.92 Å². The third-order valence-electron chi connectivity index (χ3n) is 3.15. The number of amides is 1. The van der Waals surface area contributed by atoms with E-state index in [0.29, 0.717) is 31.6 Å². The van der Waals surface area contributed by atoms with Crippen LogP contribution in [0.5, 0.6) is 0 Å². The number of carbonyl (C=O) groups is 1. The van der Waals surface area contributed by atoms with Crippen LogP contribution in [0.1, 0.15) is 16.8 Å². The van der Waals surface area contributed by atoms with Crippen LogP contribution in [-0.2, 0) is 0 Å². The second-order valence-corrected chi connectivity index (χ2v) is 7.66. The predicted octanol–water partition coefficient (Wildman–Crippen LogP) is 2.97. The lowest BCUT2D eigenvalue weighted by molar-refractivity contribution is -0.143. The molecular weight excluding hydrogens is 404 g/mol. The largest absolute Gasteiger partial charge is 0.401 e. The molecule has 0 aliphatic carbocycles. The molecule has 1 amide bonds. The molecule has 0 spiro atoms. The molecule has 1 N–H and O–H groups in total. The topological polar surface area (TPSA) is 32.3 Å². The van der Waals surface area contributed by atoms with Crippen molar-refractivity contribution in [1.82, 2.24) is 10.2 Å². The minimum Gasteiger partial charge on any atom is -0.352 e. The third-order valence-corrected chi connectivity index (χ3v) is 4.94. The minimum absolute atomic E-state index is 0.0963. The molecule has 0 radical (unpaired) electrons. The summed E-state index contributed by atoms with van der Waals surface area (Å²) in [5, 5.41) is 4.57. The number of carbonyl (C=O) groups excluding carboxylic acids is 1. The first-order valence-electron chi connectivity index (χ1n) is 6.15. The molecule has 1 unspecified atom stereocenters. The Morgan fingerprint density at radius 1 is 1.55 bits per heavy atom. The summed E-state index contributed by atoms with van der Waals surface area (Å²) in [7, 11) is 0. The van der Waals surface area contributed by atoms with Crippen LogP contribution in [0.4, 0.5) is 13.2 Å². The van der Waals surface area contributed by atoms with Crippen molar-refractivity contribution in [3.05, 3.63) is 19.9 Å². The van der Waals surface area contributed by atoms with Crippen molar-refractivity contribution >= 4 is 39.8 Å². The number of rotatable bonds is 4. The molecule has 1 aliphatic heterocycles. The molecular formula is C12H14F3IN2OS. The van der Waals surface area contributed by atoms with Gasteiger partial charge in [-0.2, -0.15) is 13.2 Å². The van der Waals surface area contributed by atoms with E-state index in [-0.39, 0.29) is 11.8 Å². The van der Waals surface area contributed by atoms with Gasteiger partial charge in [0.05, 0.1) is 15.0 Å². The van der Waals surface area contributed by atoms with Gasteiger partial charge in [0.2, 0.25) is 0 Å². The number of halogens is 4. The Hall–Kier alpha value is -0.350. The van der Waals surface area contributed by atoms with E-state index in [2.05, 4.69) is 27.9 Å². The van der Waals surface area contributed by atoms with Crippen LogP contribution in [-0.4, -0.2) is 43.2 Å². The van der Waals surface area contributed by atoms with E-state index in [1.54, 1.807) is 11.4 Å². The fourth-order valence-corrected chi connectivity index (χ4v) is 3.57. The Morgan fingerprint density at radius 2 is 2.30 bits per heavy atom. The quantitative estimate of drug-likeness (QED) is 0.763. The van der Waals surface area contributed by atoms with Crippen molar-refractivity contribution in [2.75, 3.05) is 26.2 Å². The maximum absolute atomic E-state index is 12.3. The molecule has 1 aromatic rings. The lowest BCUT2D eigenvalue weighted by Gasteiger charge is -2.17. The maximum atomic E-state index is 12.3. The highest BCUT2D eigenvalue weighted by Gasteiger charge is 2.34. The second kappa shape index (κ2) is 6.61. The van der Waals surface area contributed by atoms with Gasteiger partial charge >= 0.3 is 6.18 Å². The molecule has 8 heteroatoms. The number of nitrogens with zero attached hydrogens (tertiary/aromatic N) is 1. The highest BCUT2D eigenvalue weighted by Crippen LogP contribution is 2.22. The molecule has 1 saturated heterocycles. The Labute approximate surface area is 132 Å².